The lowest BCUT2D eigenvalue weighted by Crippen LogP contribution is -2.23. The fourth-order valence-corrected chi connectivity index (χ4v) is 2.37. The molecule has 0 saturated carbocycles. The Morgan fingerprint density at radius 2 is 1.75 bits per heavy atom. The predicted molar refractivity (Wildman–Crippen MR) is 97.2 cm³/mol. The molecule has 0 fully saturated rings. The molecule has 2 aromatic rings. The summed E-state index contributed by atoms with van der Waals surface area (Å²) in [5.74, 6) is 0.832. The molecule has 0 spiro atoms. The van der Waals surface area contributed by atoms with Crippen LogP contribution in [0.4, 0.5) is 10.1 Å². The molecule has 0 bridgehead atoms. The summed E-state index contributed by atoms with van der Waals surface area (Å²) in [6, 6.07) is 12.2. The van der Waals surface area contributed by atoms with Crippen LogP contribution in [0.25, 0.3) is 0 Å². The van der Waals surface area contributed by atoms with Gasteiger partial charge in [0.2, 0.25) is 0 Å². The largest absolute Gasteiger partial charge is 0.494 e. The maximum absolute atomic E-state index is 12.8. The van der Waals surface area contributed by atoms with Crippen LogP contribution in [-0.2, 0) is 0 Å². The summed E-state index contributed by atoms with van der Waals surface area (Å²) < 4.78 is 18.3. The second-order valence-corrected chi connectivity index (χ2v) is 5.78. The summed E-state index contributed by atoms with van der Waals surface area (Å²) in [4.78, 5) is 4.31. The number of guanidine groups is 1. The number of nitrogens with one attached hydrogen (secondary N) is 1. The number of benzene rings is 2. The Labute approximate surface area is 142 Å². The zero-order chi connectivity index (χ0) is 17.4. The van der Waals surface area contributed by atoms with Gasteiger partial charge in [0.15, 0.2) is 5.96 Å². The maximum atomic E-state index is 12.8. The van der Waals surface area contributed by atoms with Crippen molar-refractivity contribution in [3.63, 3.8) is 0 Å². The Bertz CT molecular complexity index is 663. The average molecular weight is 329 g/mol. The van der Waals surface area contributed by atoms with E-state index in [0.29, 0.717) is 24.9 Å². The van der Waals surface area contributed by atoms with Crippen molar-refractivity contribution in [1.29, 1.82) is 0 Å². The Kier molecular flexibility index (Phi) is 6.61. The smallest absolute Gasteiger partial charge is 0.193 e. The van der Waals surface area contributed by atoms with Crippen LogP contribution in [0, 0.1) is 19.7 Å². The van der Waals surface area contributed by atoms with E-state index in [9.17, 15) is 4.39 Å². The summed E-state index contributed by atoms with van der Waals surface area (Å²) in [5.41, 5.74) is 9.22. The maximum Gasteiger partial charge on any atom is 0.193 e. The van der Waals surface area contributed by atoms with Crippen LogP contribution in [0.5, 0.6) is 5.75 Å². The van der Waals surface area contributed by atoms with Crippen molar-refractivity contribution in [3.05, 3.63) is 59.4 Å². The number of ether oxygens (including phenoxy) is 1. The van der Waals surface area contributed by atoms with Gasteiger partial charge in [0.05, 0.1) is 6.61 Å². The molecule has 24 heavy (non-hydrogen) atoms. The van der Waals surface area contributed by atoms with Crippen molar-refractivity contribution in [3.8, 4) is 5.75 Å². The molecule has 0 saturated heterocycles. The summed E-state index contributed by atoms with van der Waals surface area (Å²) in [6.45, 7) is 5.31. The van der Waals surface area contributed by atoms with E-state index >= 15 is 0 Å². The van der Waals surface area contributed by atoms with Crippen LogP contribution in [0.2, 0.25) is 0 Å². The molecule has 0 amide bonds. The topological polar surface area (TPSA) is 59.6 Å². The fraction of sp³-hybridized carbons (Fsp3) is 0.316. The fourth-order valence-electron chi connectivity index (χ4n) is 2.37. The molecule has 2 aromatic carbocycles. The van der Waals surface area contributed by atoms with Gasteiger partial charge in [-0.1, -0.05) is 6.07 Å². The van der Waals surface area contributed by atoms with Crippen molar-refractivity contribution < 1.29 is 9.13 Å². The number of hydrogen-bond acceptors (Lipinski definition) is 2. The first-order valence-electron chi connectivity index (χ1n) is 8.06. The van der Waals surface area contributed by atoms with Crippen molar-refractivity contribution in [1.82, 2.24) is 0 Å². The lowest BCUT2D eigenvalue weighted by atomic mass is 10.1. The molecule has 2 rings (SSSR count). The SMILES string of the molecule is Cc1cc(C)cc(NC(N)=NCCCCOc2ccc(F)cc2)c1. The number of rotatable bonds is 7. The van der Waals surface area contributed by atoms with E-state index in [2.05, 4.69) is 16.4 Å². The van der Waals surface area contributed by atoms with Gasteiger partial charge >= 0.3 is 0 Å². The molecule has 3 N–H and O–H groups in total. The number of unbranched alkanes of at least 4 members (excludes halogenated alkanes) is 1. The van der Waals surface area contributed by atoms with Gasteiger partial charge in [-0.3, -0.25) is 4.99 Å². The third kappa shape index (κ3) is 6.28. The van der Waals surface area contributed by atoms with E-state index < -0.39 is 0 Å². The second-order valence-electron chi connectivity index (χ2n) is 5.78. The van der Waals surface area contributed by atoms with Crippen LogP contribution in [0.15, 0.2) is 47.5 Å². The number of aliphatic imine (C=N–C) groups is 1. The molecule has 0 radical (unpaired) electrons. The molecular weight excluding hydrogens is 305 g/mol. The van der Waals surface area contributed by atoms with Crippen molar-refractivity contribution in [2.45, 2.75) is 26.7 Å². The molecule has 5 heteroatoms. The number of hydrogen-bond donors (Lipinski definition) is 2. The number of nitrogens with two attached hydrogens (primary N) is 1. The molecule has 0 aliphatic carbocycles. The third-order valence-corrected chi connectivity index (χ3v) is 3.41. The first-order valence-corrected chi connectivity index (χ1v) is 8.06. The molecule has 0 aromatic heterocycles. The van der Waals surface area contributed by atoms with E-state index in [1.54, 1.807) is 12.1 Å². The van der Waals surface area contributed by atoms with Crippen LogP contribution in [0.1, 0.15) is 24.0 Å². The Morgan fingerprint density at radius 1 is 1.08 bits per heavy atom. The molecule has 0 unspecified atom stereocenters. The first-order chi connectivity index (χ1) is 11.5. The van der Waals surface area contributed by atoms with E-state index in [-0.39, 0.29) is 5.82 Å². The molecule has 4 nitrogen and oxygen atoms in total. The van der Waals surface area contributed by atoms with Gasteiger partial charge in [0.1, 0.15) is 11.6 Å². The minimum atomic E-state index is -0.261. The lowest BCUT2D eigenvalue weighted by Gasteiger charge is -2.08. The zero-order valence-electron chi connectivity index (χ0n) is 14.2. The van der Waals surface area contributed by atoms with Crippen molar-refractivity contribution in [2.24, 2.45) is 10.7 Å². The standard InChI is InChI=1S/C19H24FN3O/c1-14-11-15(2)13-17(12-14)23-19(21)22-9-3-4-10-24-18-7-5-16(20)6-8-18/h5-8,11-13H,3-4,9-10H2,1-2H3,(H3,21,22,23). The Morgan fingerprint density at radius 3 is 2.42 bits per heavy atom. The summed E-state index contributed by atoms with van der Waals surface area (Å²) in [7, 11) is 0. The monoisotopic (exact) mass is 329 g/mol. The first kappa shape index (κ1) is 17.8. The molecule has 0 heterocycles. The van der Waals surface area contributed by atoms with Crippen molar-refractivity contribution >= 4 is 11.6 Å². The number of nitrogens with zero attached hydrogens (tertiary/aromatic N) is 1. The highest BCUT2D eigenvalue weighted by Crippen LogP contribution is 2.13. The van der Waals surface area contributed by atoms with Crippen LogP contribution >= 0.6 is 0 Å². The molecule has 128 valence electrons. The summed E-state index contributed by atoms with van der Waals surface area (Å²) in [5, 5.41) is 3.11. The third-order valence-electron chi connectivity index (χ3n) is 3.41. The van der Waals surface area contributed by atoms with E-state index in [1.165, 1.54) is 23.3 Å². The van der Waals surface area contributed by atoms with E-state index in [4.69, 9.17) is 10.5 Å². The highest BCUT2D eigenvalue weighted by molar-refractivity contribution is 5.92. The van der Waals surface area contributed by atoms with Gasteiger partial charge < -0.3 is 15.8 Å². The van der Waals surface area contributed by atoms with Gasteiger partial charge in [-0.25, -0.2) is 4.39 Å². The second kappa shape index (κ2) is 8.91. The minimum absolute atomic E-state index is 0.261. The van der Waals surface area contributed by atoms with E-state index in [0.717, 1.165) is 18.5 Å². The van der Waals surface area contributed by atoms with E-state index in [1.807, 2.05) is 26.0 Å². The molecular formula is C19H24FN3O. The summed E-state index contributed by atoms with van der Waals surface area (Å²) in [6.07, 6.45) is 1.73. The Hall–Kier alpha value is -2.56. The van der Waals surface area contributed by atoms with Gasteiger partial charge in [-0.2, -0.15) is 0 Å². The number of halogens is 1. The lowest BCUT2D eigenvalue weighted by molar-refractivity contribution is 0.307. The molecule has 0 atom stereocenters. The number of anilines is 1. The predicted octanol–water partition coefficient (Wildman–Crippen LogP) is 4.03. The quantitative estimate of drug-likeness (QED) is 0.458. The van der Waals surface area contributed by atoms with Crippen LogP contribution in [-0.4, -0.2) is 19.1 Å². The summed E-state index contributed by atoms with van der Waals surface area (Å²) >= 11 is 0. The molecule has 0 aliphatic rings. The van der Waals surface area contributed by atoms with Crippen LogP contribution in [0.3, 0.4) is 0 Å². The van der Waals surface area contributed by atoms with Crippen molar-refractivity contribution in [2.75, 3.05) is 18.5 Å². The average Bonchev–Trinajstić information content (AvgIpc) is 2.51. The zero-order valence-corrected chi connectivity index (χ0v) is 14.2. The number of aryl methyl sites for hydroxylation is 2. The minimum Gasteiger partial charge on any atom is -0.494 e. The van der Waals surface area contributed by atoms with Gasteiger partial charge in [-0.05, 0) is 74.2 Å². The van der Waals surface area contributed by atoms with Gasteiger partial charge in [-0.15, -0.1) is 0 Å². The molecule has 0 aliphatic heterocycles. The van der Waals surface area contributed by atoms with Crippen LogP contribution < -0.4 is 15.8 Å². The Balaban J connectivity index is 1.66. The normalized spacial score (nSPS) is 11.4. The highest BCUT2D eigenvalue weighted by atomic mass is 19.1. The van der Waals surface area contributed by atoms with Gasteiger partial charge in [0, 0.05) is 12.2 Å². The van der Waals surface area contributed by atoms with Gasteiger partial charge in [0.25, 0.3) is 0 Å². The highest BCUT2D eigenvalue weighted by Gasteiger charge is 1.98.